The first-order valence-corrected chi connectivity index (χ1v) is 3.06. The number of hydrogen-bond donors (Lipinski definition) is 0. The lowest BCUT2D eigenvalue weighted by Crippen LogP contribution is -2.01. The summed E-state index contributed by atoms with van der Waals surface area (Å²) in [4.78, 5) is 0. The van der Waals surface area contributed by atoms with Crippen molar-refractivity contribution in [2.24, 2.45) is 0 Å². The van der Waals surface area contributed by atoms with Crippen molar-refractivity contribution in [1.82, 2.24) is 0 Å². The Morgan fingerprint density at radius 2 is 2.00 bits per heavy atom. The minimum Gasteiger partial charge on any atom is -0.195 e. The van der Waals surface area contributed by atoms with Crippen LogP contribution in [-0.4, -0.2) is 11.0 Å². The van der Waals surface area contributed by atoms with Gasteiger partial charge in [0.25, 0.3) is 5.25 Å². The number of hydrogen-bond acceptors (Lipinski definition) is 1. The molecule has 0 fully saturated rings. The predicted molar refractivity (Wildman–Crippen MR) is 28.8 cm³/mol. The van der Waals surface area contributed by atoms with Gasteiger partial charge in [0.1, 0.15) is 0 Å². The number of alkyl halides is 2. The van der Waals surface area contributed by atoms with E-state index in [-0.39, 0.29) is 0 Å². The molecule has 0 saturated heterocycles. The van der Waals surface area contributed by atoms with E-state index in [1.165, 1.54) is 0 Å². The van der Waals surface area contributed by atoms with Crippen LogP contribution in [0.25, 0.3) is 0 Å². The van der Waals surface area contributed by atoms with E-state index >= 15 is 0 Å². The average Bonchev–Trinajstić information content (AvgIpc) is 1.30. The van der Waals surface area contributed by atoms with Crippen LogP contribution in [0.3, 0.4) is 0 Å². The van der Waals surface area contributed by atoms with E-state index < -0.39 is 5.25 Å². The summed E-state index contributed by atoms with van der Waals surface area (Å²) in [6, 6.07) is 0. The van der Waals surface area contributed by atoms with Crippen LogP contribution in [0, 0.1) is 0 Å². The van der Waals surface area contributed by atoms with Gasteiger partial charge in [-0.15, -0.1) is 0 Å². The third-order valence-electron chi connectivity index (χ3n) is 0.398. The minimum atomic E-state index is -2.53. The lowest BCUT2D eigenvalue weighted by Gasteiger charge is -2.04. The van der Waals surface area contributed by atoms with Gasteiger partial charge in [0.2, 0.25) is 0 Å². The van der Waals surface area contributed by atoms with E-state index in [0.717, 1.165) is 6.92 Å². The van der Waals surface area contributed by atoms with E-state index in [2.05, 4.69) is 0 Å². The van der Waals surface area contributed by atoms with Gasteiger partial charge < -0.3 is 0 Å². The van der Waals surface area contributed by atoms with Crippen LogP contribution < -0.4 is 0 Å². The molecule has 0 aliphatic rings. The van der Waals surface area contributed by atoms with Crippen molar-refractivity contribution in [2.45, 2.75) is 19.1 Å². The topological polar surface area (TPSA) is 0 Å². The lowest BCUT2D eigenvalue weighted by atomic mass is 10.8. The molecule has 0 aromatic heterocycles. The molecular formula is C4H8F2S. The van der Waals surface area contributed by atoms with E-state index in [0.29, 0.717) is 17.5 Å². The Balaban J connectivity index is 3.15. The maximum absolute atomic E-state index is 11.7. The van der Waals surface area contributed by atoms with Gasteiger partial charge in [-0.3, -0.25) is 0 Å². The molecule has 0 nitrogen and oxygen atoms in total. The summed E-state index contributed by atoms with van der Waals surface area (Å²) in [5.41, 5.74) is 0. The van der Waals surface area contributed by atoms with Crippen molar-refractivity contribution >= 4 is 11.8 Å². The molecule has 0 aromatic carbocycles. The molecule has 0 rings (SSSR count). The largest absolute Gasteiger partial charge is 0.291 e. The van der Waals surface area contributed by atoms with Crippen LogP contribution in [0.5, 0.6) is 0 Å². The van der Waals surface area contributed by atoms with Gasteiger partial charge in [0.15, 0.2) is 0 Å². The molecule has 0 aliphatic heterocycles. The fraction of sp³-hybridized carbons (Fsp3) is 1.00. The Bertz CT molecular complexity index is 48.1. The van der Waals surface area contributed by atoms with Crippen molar-refractivity contribution in [3.05, 3.63) is 0 Å². The number of halogens is 2. The molecule has 44 valence electrons. The molecule has 0 atom stereocenters. The van der Waals surface area contributed by atoms with Crippen molar-refractivity contribution in [1.29, 1.82) is 0 Å². The Labute approximate surface area is 46.3 Å². The van der Waals surface area contributed by atoms with Crippen LogP contribution >= 0.6 is 11.8 Å². The van der Waals surface area contributed by atoms with Gasteiger partial charge in [-0.25, -0.2) is 0 Å². The first-order valence-electron chi connectivity index (χ1n) is 2.08. The molecule has 0 spiro atoms. The Hall–Kier alpha value is 0.210. The van der Waals surface area contributed by atoms with Crippen molar-refractivity contribution in [3.63, 3.8) is 0 Å². The number of thioether (sulfide) groups is 1. The molecule has 3 heteroatoms. The SMILES string of the molecule is CCSC(C)(F)F. The maximum atomic E-state index is 11.7. The zero-order valence-corrected chi connectivity index (χ0v) is 5.19. The van der Waals surface area contributed by atoms with E-state index in [1.54, 1.807) is 6.92 Å². The molecule has 7 heavy (non-hydrogen) atoms. The molecule has 0 unspecified atom stereocenters. The number of rotatable bonds is 2. The first-order chi connectivity index (χ1) is 3.06. The van der Waals surface area contributed by atoms with Crippen LogP contribution in [0.4, 0.5) is 8.78 Å². The highest BCUT2D eigenvalue weighted by atomic mass is 32.2. The molecular weight excluding hydrogens is 118 g/mol. The zero-order valence-electron chi connectivity index (χ0n) is 4.37. The predicted octanol–water partition coefficient (Wildman–Crippen LogP) is 2.35. The molecule has 0 aromatic rings. The normalized spacial score (nSPS) is 12.0. The summed E-state index contributed by atoms with van der Waals surface area (Å²) in [6.45, 7) is 2.61. The third-order valence-corrected chi connectivity index (χ3v) is 1.19. The second kappa shape index (κ2) is 2.50. The fourth-order valence-corrected chi connectivity index (χ4v) is 0.760. The second-order valence-electron chi connectivity index (χ2n) is 1.24. The highest BCUT2D eigenvalue weighted by molar-refractivity contribution is 8.00. The molecule has 0 aliphatic carbocycles. The molecule has 0 amide bonds. The summed E-state index contributed by atoms with van der Waals surface area (Å²) in [7, 11) is 0. The van der Waals surface area contributed by atoms with Crippen molar-refractivity contribution < 1.29 is 8.78 Å². The van der Waals surface area contributed by atoms with Gasteiger partial charge in [0, 0.05) is 6.92 Å². The molecule has 0 bridgehead atoms. The van der Waals surface area contributed by atoms with Crippen molar-refractivity contribution in [3.8, 4) is 0 Å². The summed E-state index contributed by atoms with van der Waals surface area (Å²) in [6.07, 6.45) is 0. The van der Waals surface area contributed by atoms with Crippen LogP contribution in [0.2, 0.25) is 0 Å². The summed E-state index contributed by atoms with van der Waals surface area (Å²) in [5, 5.41) is -2.53. The lowest BCUT2D eigenvalue weighted by molar-refractivity contribution is 0.129. The van der Waals surface area contributed by atoms with Crippen LogP contribution in [-0.2, 0) is 0 Å². The monoisotopic (exact) mass is 126 g/mol. The van der Waals surface area contributed by atoms with Crippen LogP contribution in [0.15, 0.2) is 0 Å². The molecule has 0 N–H and O–H groups in total. The van der Waals surface area contributed by atoms with E-state index in [4.69, 9.17) is 0 Å². The van der Waals surface area contributed by atoms with Gasteiger partial charge in [-0.05, 0) is 5.75 Å². The van der Waals surface area contributed by atoms with Gasteiger partial charge >= 0.3 is 0 Å². The highest BCUT2D eigenvalue weighted by Gasteiger charge is 2.18. The highest BCUT2D eigenvalue weighted by Crippen LogP contribution is 2.26. The van der Waals surface area contributed by atoms with Crippen molar-refractivity contribution in [2.75, 3.05) is 5.75 Å². The smallest absolute Gasteiger partial charge is 0.195 e. The summed E-state index contributed by atoms with van der Waals surface area (Å²) >= 11 is 0.655. The first kappa shape index (κ1) is 7.21. The van der Waals surface area contributed by atoms with E-state index in [1.807, 2.05) is 0 Å². The van der Waals surface area contributed by atoms with Crippen LogP contribution in [0.1, 0.15) is 13.8 Å². The molecule has 0 heterocycles. The quantitative estimate of drug-likeness (QED) is 0.547. The fourth-order valence-electron chi connectivity index (χ4n) is 0.253. The summed E-state index contributed by atoms with van der Waals surface area (Å²) < 4.78 is 23.4. The third kappa shape index (κ3) is 6.21. The second-order valence-corrected chi connectivity index (χ2v) is 2.82. The maximum Gasteiger partial charge on any atom is 0.291 e. The van der Waals surface area contributed by atoms with Gasteiger partial charge in [-0.2, -0.15) is 8.78 Å². The Morgan fingerprint density at radius 1 is 1.57 bits per heavy atom. The Morgan fingerprint density at radius 3 is 2.00 bits per heavy atom. The zero-order chi connectivity index (χ0) is 5.91. The standard InChI is InChI=1S/C4H8F2S/c1-3-7-4(2,5)6/h3H2,1-2H3. The Kier molecular flexibility index (Phi) is 2.58. The molecule has 0 saturated carbocycles. The van der Waals surface area contributed by atoms with E-state index in [9.17, 15) is 8.78 Å². The van der Waals surface area contributed by atoms with Gasteiger partial charge in [-0.1, -0.05) is 18.7 Å². The molecule has 0 radical (unpaired) electrons. The van der Waals surface area contributed by atoms with Gasteiger partial charge in [0.05, 0.1) is 0 Å². The average molecular weight is 126 g/mol. The summed E-state index contributed by atoms with van der Waals surface area (Å²) in [5.74, 6) is 0.476. The minimum absolute atomic E-state index is 0.476.